The van der Waals surface area contributed by atoms with E-state index in [0.29, 0.717) is 16.9 Å². The van der Waals surface area contributed by atoms with E-state index in [9.17, 15) is 4.79 Å². The van der Waals surface area contributed by atoms with E-state index in [0.717, 1.165) is 5.69 Å². The summed E-state index contributed by atoms with van der Waals surface area (Å²) in [5.41, 5.74) is 1.57. The number of H-pyrrole nitrogens is 2. The Labute approximate surface area is 91.2 Å². The molecule has 2 rings (SSSR count). The van der Waals surface area contributed by atoms with Gasteiger partial charge in [0.2, 0.25) is 0 Å². The normalized spacial score (nSPS) is 11.4. The molecule has 0 bridgehead atoms. The molecule has 0 aliphatic heterocycles. The molecule has 16 heavy (non-hydrogen) atoms. The van der Waals surface area contributed by atoms with Gasteiger partial charge in [0.25, 0.3) is 0 Å². The Balaban J connectivity index is 2.64. The lowest BCUT2D eigenvalue weighted by Crippen LogP contribution is -2.11. The second-order valence-electron chi connectivity index (χ2n) is 3.65. The van der Waals surface area contributed by atoms with E-state index < -0.39 is 5.69 Å². The minimum absolute atomic E-state index is 0.316. The summed E-state index contributed by atoms with van der Waals surface area (Å²) < 4.78 is 0. The molecule has 0 spiro atoms. The number of nitrogens with one attached hydrogen (secondary N) is 2. The zero-order valence-electron chi connectivity index (χ0n) is 9.27. The van der Waals surface area contributed by atoms with Crippen LogP contribution in [0.2, 0.25) is 0 Å². The van der Waals surface area contributed by atoms with Crippen LogP contribution in [0.25, 0.3) is 11.0 Å². The standard InChI is InChI=1S/C9H12N6O/c1-5-6-7(14-13-5)8(10-4-15(2)3)12-9(16)11-6/h4H,1-3H3,(H,13,14)(H,11,12,16). The summed E-state index contributed by atoms with van der Waals surface area (Å²) >= 11 is 0. The first-order chi connectivity index (χ1) is 7.58. The van der Waals surface area contributed by atoms with Gasteiger partial charge in [0.1, 0.15) is 0 Å². The van der Waals surface area contributed by atoms with Gasteiger partial charge in [0.15, 0.2) is 11.3 Å². The van der Waals surface area contributed by atoms with Gasteiger partial charge in [-0.3, -0.25) is 5.10 Å². The molecule has 2 N–H and O–H groups in total. The predicted octanol–water partition coefficient (Wildman–Crippen LogP) is 0.176. The van der Waals surface area contributed by atoms with Gasteiger partial charge in [-0.05, 0) is 6.92 Å². The van der Waals surface area contributed by atoms with E-state index in [-0.39, 0.29) is 0 Å². The summed E-state index contributed by atoms with van der Waals surface area (Å²) in [6.07, 6.45) is 1.57. The number of aromatic nitrogens is 4. The SMILES string of the molecule is Cc1[nH]nc2c(N=CN(C)C)nc(=O)[nH]c12. The number of hydrogen-bond acceptors (Lipinski definition) is 4. The van der Waals surface area contributed by atoms with E-state index in [4.69, 9.17) is 0 Å². The van der Waals surface area contributed by atoms with E-state index >= 15 is 0 Å². The van der Waals surface area contributed by atoms with Crippen molar-refractivity contribution in [3.05, 3.63) is 16.2 Å². The minimum atomic E-state index is -0.428. The van der Waals surface area contributed by atoms with Crippen LogP contribution in [0.15, 0.2) is 9.79 Å². The fraction of sp³-hybridized carbons (Fsp3) is 0.333. The van der Waals surface area contributed by atoms with Crippen LogP contribution in [0, 0.1) is 6.92 Å². The molecule has 0 fully saturated rings. The molecule has 7 nitrogen and oxygen atoms in total. The van der Waals surface area contributed by atoms with Gasteiger partial charge in [-0.15, -0.1) is 0 Å². The summed E-state index contributed by atoms with van der Waals surface area (Å²) in [6, 6.07) is 0. The molecule has 2 aromatic heterocycles. The van der Waals surface area contributed by atoms with Crippen LogP contribution in [0.4, 0.5) is 5.82 Å². The predicted molar refractivity (Wildman–Crippen MR) is 61.1 cm³/mol. The fourth-order valence-corrected chi connectivity index (χ4v) is 1.29. The first-order valence-electron chi connectivity index (χ1n) is 4.73. The van der Waals surface area contributed by atoms with E-state index in [2.05, 4.69) is 25.2 Å². The van der Waals surface area contributed by atoms with E-state index in [1.807, 2.05) is 21.0 Å². The Morgan fingerprint density at radius 1 is 1.44 bits per heavy atom. The van der Waals surface area contributed by atoms with Crippen LogP contribution in [-0.4, -0.2) is 45.5 Å². The summed E-state index contributed by atoms with van der Waals surface area (Å²) in [5, 5.41) is 6.83. The molecule has 2 heterocycles. The third-order valence-electron chi connectivity index (χ3n) is 2.01. The van der Waals surface area contributed by atoms with Crippen molar-refractivity contribution in [1.82, 2.24) is 25.1 Å². The molecule has 0 atom stereocenters. The van der Waals surface area contributed by atoms with Crippen molar-refractivity contribution in [2.75, 3.05) is 14.1 Å². The topological polar surface area (TPSA) is 90.0 Å². The molecule has 84 valence electrons. The Morgan fingerprint density at radius 2 is 2.19 bits per heavy atom. The highest BCUT2D eigenvalue weighted by atomic mass is 16.1. The van der Waals surface area contributed by atoms with Gasteiger partial charge in [0, 0.05) is 14.1 Å². The van der Waals surface area contributed by atoms with Crippen molar-refractivity contribution in [2.24, 2.45) is 4.99 Å². The summed E-state index contributed by atoms with van der Waals surface area (Å²) in [6.45, 7) is 1.82. The summed E-state index contributed by atoms with van der Waals surface area (Å²) in [7, 11) is 3.67. The number of rotatable bonds is 2. The number of aromatic amines is 2. The Hall–Kier alpha value is -2.18. The minimum Gasteiger partial charge on any atom is -0.369 e. The van der Waals surface area contributed by atoms with Gasteiger partial charge >= 0.3 is 5.69 Å². The molecule has 7 heteroatoms. The molecule has 2 aromatic rings. The first-order valence-corrected chi connectivity index (χ1v) is 4.73. The van der Waals surface area contributed by atoms with Crippen LogP contribution >= 0.6 is 0 Å². The molecule has 0 aliphatic rings. The number of nitrogens with zero attached hydrogens (tertiary/aromatic N) is 4. The van der Waals surface area contributed by atoms with Gasteiger partial charge < -0.3 is 9.88 Å². The van der Waals surface area contributed by atoms with Crippen molar-refractivity contribution in [3.8, 4) is 0 Å². The highest BCUT2D eigenvalue weighted by Crippen LogP contribution is 2.19. The average molecular weight is 220 g/mol. The Morgan fingerprint density at radius 3 is 2.88 bits per heavy atom. The van der Waals surface area contributed by atoms with Gasteiger partial charge in [0.05, 0.1) is 17.5 Å². The van der Waals surface area contributed by atoms with Crippen LogP contribution < -0.4 is 5.69 Å². The quantitative estimate of drug-likeness (QED) is 0.558. The highest BCUT2D eigenvalue weighted by molar-refractivity contribution is 5.86. The van der Waals surface area contributed by atoms with Crippen molar-refractivity contribution >= 4 is 23.2 Å². The van der Waals surface area contributed by atoms with Crippen LogP contribution in [0.3, 0.4) is 0 Å². The van der Waals surface area contributed by atoms with Crippen molar-refractivity contribution in [1.29, 1.82) is 0 Å². The maximum absolute atomic E-state index is 11.3. The molecule has 0 radical (unpaired) electrons. The summed E-state index contributed by atoms with van der Waals surface area (Å²) in [5.74, 6) is 0.316. The van der Waals surface area contributed by atoms with Gasteiger partial charge in [-0.25, -0.2) is 9.79 Å². The number of hydrogen-bond donors (Lipinski definition) is 2. The third-order valence-corrected chi connectivity index (χ3v) is 2.01. The summed E-state index contributed by atoms with van der Waals surface area (Å²) in [4.78, 5) is 23.5. The average Bonchev–Trinajstić information content (AvgIpc) is 2.57. The van der Waals surface area contributed by atoms with Crippen molar-refractivity contribution in [2.45, 2.75) is 6.92 Å². The first kappa shape index (κ1) is 10.3. The maximum Gasteiger partial charge on any atom is 0.347 e. The number of fused-ring (bicyclic) bond motifs is 1. The molecule has 0 saturated carbocycles. The Bertz CT molecular complexity index is 594. The smallest absolute Gasteiger partial charge is 0.347 e. The highest BCUT2D eigenvalue weighted by Gasteiger charge is 2.08. The molecule has 0 amide bonds. The number of aliphatic imine (C=N–C) groups is 1. The molecular weight excluding hydrogens is 208 g/mol. The monoisotopic (exact) mass is 220 g/mol. The van der Waals surface area contributed by atoms with E-state index in [1.54, 1.807) is 11.2 Å². The van der Waals surface area contributed by atoms with Crippen LogP contribution in [0.5, 0.6) is 0 Å². The third kappa shape index (κ3) is 1.79. The van der Waals surface area contributed by atoms with Crippen LogP contribution in [-0.2, 0) is 0 Å². The molecule has 0 aromatic carbocycles. The lowest BCUT2D eigenvalue weighted by atomic mass is 10.3. The molecular formula is C9H12N6O. The second-order valence-corrected chi connectivity index (χ2v) is 3.65. The van der Waals surface area contributed by atoms with E-state index in [1.165, 1.54) is 0 Å². The maximum atomic E-state index is 11.3. The molecule has 0 saturated heterocycles. The van der Waals surface area contributed by atoms with Gasteiger partial charge in [-0.2, -0.15) is 10.1 Å². The zero-order chi connectivity index (χ0) is 11.7. The zero-order valence-corrected chi connectivity index (χ0v) is 9.27. The lowest BCUT2D eigenvalue weighted by Gasteiger charge is -2.01. The molecule has 0 unspecified atom stereocenters. The number of aryl methyl sites for hydroxylation is 1. The van der Waals surface area contributed by atoms with Crippen molar-refractivity contribution in [3.63, 3.8) is 0 Å². The van der Waals surface area contributed by atoms with Crippen LogP contribution in [0.1, 0.15) is 5.69 Å². The fourth-order valence-electron chi connectivity index (χ4n) is 1.29. The molecule has 0 aliphatic carbocycles. The van der Waals surface area contributed by atoms with Gasteiger partial charge in [-0.1, -0.05) is 0 Å². The largest absolute Gasteiger partial charge is 0.369 e. The second kappa shape index (κ2) is 3.76. The lowest BCUT2D eigenvalue weighted by molar-refractivity contribution is 0.643. The van der Waals surface area contributed by atoms with Crippen molar-refractivity contribution < 1.29 is 0 Å². The Kier molecular flexibility index (Phi) is 2.43.